The van der Waals surface area contributed by atoms with E-state index in [0.29, 0.717) is 0 Å². The van der Waals surface area contributed by atoms with Crippen molar-refractivity contribution in [3.63, 3.8) is 0 Å². The molecule has 8 heterocycles. The Hall–Kier alpha value is -9.90. The first-order valence-corrected chi connectivity index (χ1v) is 35.8. The van der Waals surface area contributed by atoms with Gasteiger partial charge in [-0.2, -0.15) is 0 Å². The van der Waals surface area contributed by atoms with Gasteiger partial charge >= 0.3 is 5.97 Å². The molecule has 596 valence electrons. The predicted octanol–water partition coefficient (Wildman–Crippen LogP) is 0.760. The van der Waals surface area contributed by atoms with Gasteiger partial charge in [-0.1, -0.05) is 55.2 Å². The molecule has 5 aromatic carbocycles. The zero-order valence-electron chi connectivity index (χ0n) is 60.4. The van der Waals surface area contributed by atoms with Crippen molar-refractivity contribution in [2.24, 2.45) is 23.1 Å². The van der Waals surface area contributed by atoms with Crippen molar-refractivity contribution in [1.82, 2.24) is 37.2 Å². The number of aliphatic hydroxyl groups is 4. The summed E-state index contributed by atoms with van der Waals surface area (Å²) in [5.41, 5.74) is 12.6. The van der Waals surface area contributed by atoms with E-state index in [9.17, 15) is 69.6 Å². The quantitative estimate of drug-likeness (QED) is 0.0688. The summed E-state index contributed by atoms with van der Waals surface area (Å²) in [5.74, 6) is -17.4. The second-order valence-electron chi connectivity index (χ2n) is 28.8. The van der Waals surface area contributed by atoms with E-state index < -0.39 is 267 Å². The number of fused-ring (bicyclic) bond motifs is 15. The van der Waals surface area contributed by atoms with Gasteiger partial charge in [0, 0.05) is 35.6 Å². The van der Waals surface area contributed by atoms with Crippen LogP contribution in [0, 0.1) is 5.92 Å². The fourth-order valence-electron chi connectivity index (χ4n) is 14.0. The molecule has 0 aromatic heterocycles. The molecule has 0 radical (unpaired) electrons. The Morgan fingerprint density at radius 1 is 0.658 bits per heavy atom. The number of likely N-dealkylation sites (N-methyl/N-ethyl adjacent to an activating group) is 1. The second-order valence-corrected chi connectivity index (χ2v) is 29.6. The smallest absolute Gasteiger partial charge is 0.330 e. The van der Waals surface area contributed by atoms with Crippen molar-refractivity contribution >= 4 is 82.1 Å². The number of hydrogen-bond donors (Lipinski definition) is 18. The van der Waals surface area contributed by atoms with E-state index in [1.54, 1.807) is 0 Å². The number of phenols is 3. The van der Waals surface area contributed by atoms with Crippen LogP contribution in [0.5, 0.6) is 46.0 Å². The van der Waals surface area contributed by atoms with Crippen LogP contribution in [0.3, 0.4) is 0 Å². The molecule has 8 aliphatic heterocycles. The van der Waals surface area contributed by atoms with Crippen molar-refractivity contribution in [3.05, 3.63) is 117 Å². The number of primary amides is 1. The Kier molecular flexibility index (Phi) is 24.3. The van der Waals surface area contributed by atoms with Crippen molar-refractivity contribution in [2.45, 2.75) is 188 Å². The third kappa shape index (κ3) is 17.4. The lowest BCUT2D eigenvalue weighted by molar-refractivity contribution is -0.323. The normalized spacial score (nSPS) is 30.7. The van der Waals surface area contributed by atoms with Crippen LogP contribution in [0.1, 0.15) is 125 Å². The number of ether oxygens (including phenoxy) is 8. The highest BCUT2D eigenvalue weighted by Crippen LogP contribution is 2.50. The number of carbonyl (C=O) groups is 10. The van der Waals surface area contributed by atoms with Crippen LogP contribution >= 0.6 is 23.2 Å². The highest BCUT2D eigenvalue weighted by molar-refractivity contribution is 6.32. The molecule has 3 fully saturated rings. The number of benzene rings is 5. The molecule has 0 saturated carbocycles. The predicted molar refractivity (Wildman–Crippen MR) is 384 cm³/mol. The molecular formula is C73H84Cl2N10O26. The number of carboxylic acid groups (broad SMARTS) is 1. The Bertz CT molecular complexity index is 4530. The van der Waals surface area contributed by atoms with E-state index in [-0.39, 0.29) is 46.2 Å². The maximum Gasteiger partial charge on any atom is 0.330 e. The number of Topliss-reactive ketones (excluding diaryl/α,β-unsaturated/α-hetero) is 2. The van der Waals surface area contributed by atoms with Crippen LogP contribution < -0.4 is 68.6 Å². The number of amides is 7. The average molecular weight is 1590 g/mol. The fourth-order valence-corrected chi connectivity index (χ4v) is 14.5. The molecule has 1 unspecified atom stereocenters. The van der Waals surface area contributed by atoms with Gasteiger partial charge in [-0.25, -0.2) is 4.79 Å². The molecule has 20 atom stereocenters. The molecule has 7 amide bonds. The summed E-state index contributed by atoms with van der Waals surface area (Å²) in [6.07, 6.45) is -21.2. The van der Waals surface area contributed by atoms with Crippen LogP contribution in [0.15, 0.2) is 78.9 Å². The van der Waals surface area contributed by atoms with E-state index >= 15 is 19.2 Å². The minimum absolute atomic E-state index is 0.115. The van der Waals surface area contributed by atoms with Gasteiger partial charge in [-0.15, -0.1) is 0 Å². The number of aromatic hydroxyl groups is 3. The number of phenolic OH excluding ortho intramolecular Hbond substituents is 3. The number of carbonyl (C=O) groups excluding carboxylic acids is 9. The number of halogens is 2. The highest BCUT2D eigenvalue weighted by atomic mass is 35.5. The van der Waals surface area contributed by atoms with Crippen LogP contribution in [0.2, 0.25) is 10.0 Å². The Morgan fingerprint density at radius 3 is 1.79 bits per heavy atom. The Morgan fingerprint density at radius 2 is 1.23 bits per heavy atom. The zero-order chi connectivity index (χ0) is 80.9. The van der Waals surface area contributed by atoms with E-state index in [1.807, 2.05) is 13.8 Å². The second kappa shape index (κ2) is 32.8. The Balaban J connectivity index is 1.19. The van der Waals surface area contributed by atoms with E-state index in [0.717, 1.165) is 60.7 Å². The number of hydrogen-bond acceptors (Lipinski definition) is 28. The molecule has 21 N–H and O–H groups in total. The Labute approximate surface area is 642 Å². The highest BCUT2D eigenvalue weighted by Gasteiger charge is 2.52. The minimum atomic E-state index is -2.39. The molecule has 0 aliphatic carbocycles. The van der Waals surface area contributed by atoms with Crippen LogP contribution in [0.25, 0.3) is 11.1 Å². The van der Waals surface area contributed by atoms with Crippen molar-refractivity contribution in [2.75, 3.05) is 13.7 Å². The fraction of sp³-hybridized carbons (Fsp3) is 0.452. The number of nitrogens with one attached hydrogen (secondary N) is 7. The first kappa shape index (κ1) is 82.1. The van der Waals surface area contributed by atoms with Crippen LogP contribution in [0.4, 0.5) is 0 Å². The van der Waals surface area contributed by atoms with Crippen molar-refractivity contribution < 1.29 is 127 Å². The van der Waals surface area contributed by atoms with Gasteiger partial charge in [0.25, 0.3) is 0 Å². The molecule has 36 nitrogen and oxygen atoms in total. The van der Waals surface area contributed by atoms with Crippen molar-refractivity contribution in [3.8, 4) is 57.1 Å². The summed E-state index contributed by atoms with van der Waals surface area (Å²) in [6, 6.07) is -0.733. The maximum absolute atomic E-state index is 16.4. The largest absolute Gasteiger partial charge is 0.508 e. The van der Waals surface area contributed by atoms with E-state index in [2.05, 4.69) is 37.2 Å². The van der Waals surface area contributed by atoms with E-state index in [4.69, 9.17) is 78.3 Å². The number of rotatable bonds is 15. The summed E-state index contributed by atoms with van der Waals surface area (Å²) in [5, 5.41) is 109. The molecule has 3 saturated heterocycles. The topological polar surface area (TPSA) is 569 Å². The van der Waals surface area contributed by atoms with Gasteiger partial charge in [-0.3, -0.25) is 43.2 Å². The molecule has 11 bridgehead atoms. The SMILES string of the molecule is CN[C@H](CC(C)C)C(=O)N[C@H]1C(=O)NC(CC(N)=O)C(=O)N[C@H]2C(=O)N[C@H]3C(=O)N[C@H](C(=O)N[C@@H](C(=O)O)c4cc(O)cc(O)c4-c4cc3ccc4O)[C@H](O[C@H]3C[C@](C)(N)C(=O)[C@H](C)O3)c3ccc(c(Cl)c3)Oc3cc2cc(c3O[C@@H]2O[C@H](CO)[C@@H](O)[C@H](O)[C@H]2O[C@H]2C[C@](C)(N)C(=O)[C@H](C)O2)Oc2ccc(cc2Cl)[C@H]1O. The number of ketones is 2. The molecule has 38 heteroatoms. The zero-order valence-corrected chi connectivity index (χ0v) is 61.9. The molecule has 13 rings (SSSR count). The molecular weight excluding hydrogens is 1500 g/mol. The van der Waals surface area contributed by atoms with Crippen LogP contribution in [-0.4, -0.2) is 204 Å². The minimum Gasteiger partial charge on any atom is -0.508 e. The number of carboxylic acids is 1. The van der Waals surface area contributed by atoms with Gasteiger partial charge < -0.3 is 133 Å². The van der Waals surface area contributed by atoms with Gasteiger partial charge in [-0.05, 0) is 124 Å². The lowest BCUT2D eigenvalue weighted by Crippen LogP contribution is -2.63. The monoisotopic (exact) mass is 1590 g/mol. The van der Waals surface area contributed by atoms with Gasteiger partial charge in [0.2, 0.25) is 53.4 Å². The number of aliphatic hydroxyl groups excluding tert-OH is 4. The first-order valence-electron chi connectivity index (χ1n) is 35.0. The van der Waals surface area contributed by atoms with Gasteiger partial charge in [0.1, 0.15) is 102 Å². The summed E-state index contributed by atoms with van der Waals surface area (Å²) < 4.78 is 51.3. The van der Waals surface area contributed by atoms with Crippen molar-refractivity contribution in [1.29, 1.82) is 0 Å². The number of nitrogens with two attached hydrogens (primary N) is 3. The number of aliphatic carboxylic acids is 1. The summed E-state index contributed by atoms with van der Waals surface area (Å²) in [7, 11) is 1.47. The average Bonchev–Trinajstić information content (AvgIpc) is 0.763. The van der Waals surface area contributed by atoms with Gasteiger partial charge in [0.15, 0.2) is 47.8 Å². The maximum atomic E-state index is 16.4. The van der Waals surface area contributed by atoms with Crippen LogP contribution in [-0.2, 0) is 71.6 Å². The lowest BCUT2D eigenvalue weighted by Gasteiger charge is -2.45. The molecule has 5 aromatic rings. The van der Waals surface area contributed by atoms with Gasteiger partial charge in [0.05, 0.1) is 40.2 Å². The third-order valence-corrected chi connectivity index (χ3v) is 20.3. The summed E-state index contributed by atoms with van der Waals surface area (Å²) >= 11 is 14.5. The molecule has 111 heavy (non-hydrogen) atoms. The third-order valence-electron chi connectivity index (χ3n) is 19.7. The summed E-state index contributed by atoms with van der Waals surface area (Å²) in [4.78, 5) is 146. The lowest BCUT2D eigenvalue weighted by atomic mass is 9.88. The molecule has 8 aliphatic rings. The van der Waals surface area contributed by atoms with E-state index in [1.165, 1.54) is 52.9 Å². The summed E-state index contributed by atoms with van der Waals surface area (Å²) in [6.45, 7) is 8.14. The molecule has 0 spiro atoms. The first-order chi connectivity index (χ1) is 52.3. The standard InChI is InChI=1S/C73H84Cl2N10O26/c1-26(2)14-38(79-7)64(96)84-54-56(91)30-9-12-42(36(74)16-30)106-44-18-32-19-45(60(44)111-71-61(58(93)57(92)46(25-86)108-71)110-49-24-73(6,78)63(95)28(4)105-49)107-43-13-10-31(17-37(43)75)59(109-48-23-72(5,77)62(94)27(3)104-48)55-69(101)83-53(70(102)103)35-20-33(87)21-41(89)50(35)34-15-29(8-11-40(34)88)51(66(98)85-55)82-67(99)52(32)81-65(97)39(22-47(76)90)80-68(54)100/h8-13,15-21,26-28,38-39,46,48-49,51-59,61,71,79,86-89,91-93H,14,22-25,77-78H2,1-7H3,(H2,76,90)(H,80,100)(H,81,97)(H,82,99)(H,83,101)(H,84,96)(H,85,98)(H,102,103)/t27-,28-,38+,39?,46+,48-,49-,51+,52+,53+,54+,55-,56+,57+,58-,59+,61+,71-,72-,73-/m0/s1.